The summed E-state index contributed by atoms with van der Waals surface area (Å²) in [6.45, 7) is 5.62. The Kier molecular flexibility index (Phi) is 5.18. The Morgan fingerprint density at radius 2 is 2.10 bits per heavy atom. The molecule has 3 heteroatoms. The Labute approximate surface area is 122 Å². The second kappa shape index (κ2) is 6.89. The second-order valence-corrected chi connectivity index (χ2v) is 5.93. The molecule has 1 aliphatic rings. The average Bonchev–Trinajstić information content (AvgIpc) is 2.87. The summed E-state index contributed by atoms with van der Waals surface area (Å²) in [6, 6.07) is 8.13. The van der Waals surface area contributed by atoms with Crippen LogP contribution in [-0.2, 0) is 4.79 Å². The average molecular weight is 274 g/mol. The molecule has 0 aromatic heterocycles. The topological polar surface area (TPSA) is 46.3 Å². The number of nitrogens with two attached hydrogens (primary N) is 1. The van der Waals surface area contributed by atoms with Crippen LogP contribution in [0.25, 0.3) is 0 Å². The van der Waals surface area contributed by atoms with E-state index in [1.165, 1.54) is 12.8 Å². The van der Waals surface area contributed by atoms with Crippen molar-refractivity contribution in [3.8, 4) is 0 Å². The summed E-state index contributed by atoms with van der Waals surface area (Å²) >= 11 is 0. The van der Waals surface area contributed by atoms with Crippen LogP contribution in [0.15, 0.2) is 24.3 Å². The van der Waals surface area contributed by atoms with Crippen LogP contribution in [0.4, 0.5) is 5.69 Å². The van der Waals surface area contributed by atoms with E-state index < -0.39 is 0 Å². The summed E-state index contributed by atoms with van der Waals surface area (Å²) in [7, 11) is 0. The minimum Gasteiger partial charge on any atom is -0.330 e. The second-order valence-electron chi connectivity index (χ2n) is 5.93. The molecule has 1 aromatic carbocycles. The number of para-hydroxylation sites is 1. The van der Waals surface area contributed by atoms with Crippen LogP contribution in [0.3, 0.4) is 0 Å². The predicted octanol–water partition coefficient (Wildman–Crippen LogP) is 3.11. The summed E-state index contributed by atoms with van der Waals surface area (Å²) in [4.78, 5) is 14.9. The number of rotatable bonds is 5. The Balaban J connectivity index is 2.23. The number of amides is 1. The van der Waals surface area contributed by atoms with Crippen molar-refractivity contribution in [3.05, 3.63) is 29.8 Å². The molecule has 0 radical (unpaired) electrons. The van der Waals surface area contributed by atoms with Gasteiger partial charge in [-0.3, -0.25) is 4.79 Å². The van der Waals surface area contributed by atoms with E-state index in [4.69, 9.17) is 5.73 Å². The molecule has 2 atom stereocenters. The molecule has 20 heavy (non-hydrogen) atoms. The van der Waals surface area contributed by atoms with Gasteiger partial charge >= 0.3 is 0 Å². The van der Waals surface area contributed by atoms with Crippen LogP contribution in [-0.4, -0.2) is 19.0 Å². The van der Waals surface area contributed by atoms with Gasteiger partial charge in [-0.15, -0.1) is 0 Å². The molecular weight excluding hydrogens is 248 g/mol. The standard InChI is InChI=1S/C17H26N2O/c1-13-8-5-9-15(13)17(20)19(12-6-11-18)16-10-4-3-7-14(16)2/h3-4,7,10,13,15H,5-6,8-9,11-12,18H2,1-2H3. The molecule has 0 bridgehead atoms. The fourth-order valence-electron chi connectivity index (χ4n) is 3.18. The van der Waals surface area contributed by atoms with Gasteiger partial charge in [-0.1, -0.05) is 31.5 Å². The third-order valence-electron chi connectivity index (χ3n) is 4.44. The number of benzene rings is 1. The van der Waals surface area contributed by atoms with E-state index in [2.05, 4.69) is 19.9 Å². The van der Waals surface area contributed by atoms with Crippen LogP contribution >= 0.6 is 0 Å². The van der Waals surface area contributed by atoms with Crippen LogP contribution in [0.5, 0.6) is 0 Å². The number of carbonyl (C=O) groups excluding carboxylic acids is 1. The van der Waals surface area contributed by atoms with Crippen molar-refractivity contribution in [1.29, 1.82) is 0 Å². The van der Waals surface area contributed by atoms with E-state index in [0.29, 0.717) is 12.5 Å². The maximum atomic E-state index is 12.9. The molecule has 0 heterocycles. The van der Waals surface area contributed by atoms with Crippen molar-refractivity contribution >= 4 is 11.6 Å². The van der Waals surface area contributed by atoms with Crippen molar-refractivity contribution in [2.24, 2.45) is 17.6 Å². The molecule has 1 amide bonds. The summed E-state index contributed by atoms with van der Waals surface area (Å²) in [5.74, 6) is 0.983. The zero-order chi connectivity index (χ0) is 14.5. The lowest BCUT2D eigenvalue weighted by molar-refractivity contribution is -0.123. The van der Waals surface area contributed by atoms with Crippen LogP contribution in [0, 0.1) is 18.8 Å². The Morgan fingerprint density at radius 1 is 1.35 bits per heavy atom. The van der Waals surface area contributed by atoms with Gasteiger partial charge in [0.05, 0.1) is 0 Å². The molecule has 110 valence electrons. The Morgan fingerprint density at radius 3 is 2.70 bits per heavy atom. The van der Waals surface area contributed by atoms with E-state index >= 15 is 0 Å². The van der Waals surface area contributed by atoms with Crippen LogP contribution < -0.4 is 10.6 Å². The Bertz CT molecular complexity index is 458. The van der Waals surface area contributed by atoms with Gasteiger partial charge < -0.3 is 10.6 Å². The van der Waals surface area contributed by atoms with E-state index in [0.717, 1.165) is 30.6 Å². The highest BCUT2D eigenvalue weighted by Gasteiger charge is 2.33. The maximum absolute atomic E-state index is 12.9. The monoisotopic (exact) mass is 274 g/mol. The van der Waals surface area contributed by atoms with Gasteiger partial charge in [0.15, 0.2) is 0 Å². The highest BCUT2D eigenvalue weighted by Crippen LogP contribution is 2.34. The summed E-state index contributed by atoms with van der Waals surface area (Å²) < 4.78 is 0. The van der Waals surface area contributed by atoms with E-state index in [1.807, 2.05) is 23.1 Å². The molecule has 1 saturated carbocycles. The molecule has 0 spiro atoms. The SMILES string of the molecule is Cc1ccccc1N(CCCN)C(=O)C1CCCC1C. The summed E-state index contributed by atoms with van der Waals surface area (Å²) in [5.41, 5.74) is 7.84. The highest BCUT2D eigenvalue weighted by molar-refractivity contribution is 5.96. The first-order valence-electron chi connectivity index (χ1n) is 7.72. The minimum atomic E-state index is 0.187. The number of hydrogen-bond donors (Lipinski definition) is 1. The number of aryl methyl sites for hydroxylation is 1. The minimum absolute atomic E-state index is 0.187. The fraction of sp³-hybridized carbons (Fsp3) is 0.588. The molecule has 0 saturated heterocycles. The van der Waals surface area contributed by atoms with Gasteiger partial charge in [-0.05, 0) is 50.3 Å². The van der Waals surface area contributed by atoms with Crippen LogP contribution in [0.2, 0.25) is 0 Å². The van der Waals surface area contributed by atoms with Gasteiger partial charge in [0.2, 0.25) is 5.91 Å². The molecule has 1 aromatic rings. The van der Waals surface area contributed by atoms with E-state index in [-0.39, 0.29) is 11.8 Å². The molecule has 1 fully saturated rings. The zero-order valence-corrected chi connectivity index (χ0v) is 12.6. The number of anilines is 1. The molecular formula is C17H26N2O. The normalized spacial score (nSPS) is 21.9. The van der Waals surface area contributed by atoms with Gasteiger partial charge in [0.25, 0.3) is 0 Å². The lowest BCUT2D eigenvalue weighted by Gasteiger charge is -2.28. The lowest BCUT2D eigenvalue weighted by atomic mass is 9.96. The number of nitrogens with zero attached hydrogens (tertiary/aromatic N) is 1. The van der Waals surface area contributed by atoms with Gasteiger partial charge in [0, 0.05) is 18.2 Å². The molecule has 3 nitrogen and oxygen atoms in total. The summed E-state index contributed by atoms with van der Waals surface area (Å²) in [5, 5.41) is 0. The van der Waals surface area contributed by atoms with Crippen molar-refractivity contribution in [2.45, 2.75) is 39.5 Å². The third kappa shape index (κ3) is 3.21. The fourth-order valence-corrected chi connectivity index (χ4v) is 3.18. The third-order valence-corrected chi connectivity index (χ3v) is 4.44. The van der Waals surface area contributed by atoms with Crippen molar-refractivity contribution in [2.75, 3.05) is 18.0 Å². The van der Waals surface area contributed by atoms with Crippen molar-refractivity contribution in [1.82, 2.24) is 0 Å². The highest BCUT2D eigenvalue weighted by atomic mass is 16.2. The van der Waals surface area contributed by atoms with E-state index in [1.54, 1.807) is 0 Å². The molecule has 2 unspecified atom stereocenters. The predicted molar refractivity (Wildman–Crippen MR) is 83.7 cm³/mol. The van der Waals surface area contributed by atoms with Gasteiger partial charge in [-0.25, -0.2) is 0 Å². The largest absolute Gasteiger partial charge is 0.330 e. The van der Waals surface area contributed by atoms with Gasteiger partial charge in [-0.2, -0.15) is 0 Å². The molecule has 1 aliphatic carbocycles. The maximum Gasteiger partial charge on any atom is 0.230 e. The first kappa shape index (κ1) is 15.0. The smallest absolute Gasteiger partial charge is 0.230 e. The summed E-state index contributed by atoms with van der Waals surface area (Å²) in [6.07, 6.45) is 4.23. The van der Waals surface area contributed by atoms with Crippen molar-refractivity contribution in [3.63, 3.8) is 0 Å². The zero-order valence-electron chi connectivity index (χ0n) is 12.6. The van der Waals surface area contributed by atoms with E-state index in [9.17, 15) is 4.79 Å². The van der Waals surface area contributed by atoms with Crippen molar-refractivity contribution < 1.29 is 4.79 Å². The number of carbonyl (C=O) groups is 1. The van der Waals surface area contributed by atoms with Crippen LogP contribution in [0.1, 0.15) is 38.2 Å². The number of hydrogen-bond acceptors (Lipinski definition) is 2. The van der Waals surface area contributed by atoms with Gasteiger partial charge in [0.1, 0.15) is 0 Å². The quantitative estimate of drug-likeness (QED) is 0.896. The molecule has 2 N–H and O–H groups in total. The first-order valence-corrected chi connectivity index (χ1v) is 7.72. The first-order chi connectivity index (χ1) is 9.65. The molecule has 2 rings (SSSR count). The molecule has 0 aliphatic heterocycles. The Hall–Kier alpha value is -1.35. The lowest BCUT2D eigenvalue weighted by Crippen LogP contribution is -2.39.